The van der Waals surface area contributed by atoms with Crippen LogP contribution in [0.1, 0.15) is 42.3 Å². The van der Waals surface area contributed by atoms with Crippen LogP contribution in [-0.4, -0.2) is 17.4 Å². The van der Waals surface area contributed by atoms with Crippen LogP contribution in [-0.2, 0) is 6.42 Å². The molecule has 0 aliphatic heterocycles. The van der Waals surface area contributed by atoms with Gasteiger partial charge in [-0.2, -0.15) is 5.26 Å². The first-order chi connectivity index (χ1) is 10.9. The molecule has 0 fully saturated rings. The van der Waals surface area contributed by atoms with Crippen LogP contribution in [0.15, 0.2) is 54.6 Å². The van der Waals surface area contributed by atoms with Gasteiger partial charge in [0.05, 0.1) is 12.1 Å². The molecule has 0 spiro atoms. The maximum Gasteiger partial charge on any atom is 0.193 e. The van der Waals surface area contributed by atoms with Crippen LogP contribution < -0.4 is 5.32 Å². The molecule has 0 heterocycles. The lowest BCUT2D eigenvalue weighted by atomic mass is 9.99. The van der Waals surface area contributed by atoms with Crippen molar-refractivity contribution in [3.63, 3.8) is 0 Å². The van der Waals surface area contributed by atoms with Crippen LogP contribution in [0.5, 0.6) is 0 Å². The van der Waals surface area contributed by atoms with E-state index in [4.69, 9.17) is 0 Å². The standard InChI is InChI=1S/C20H22N2O/c1-20(2,3)22-18(14-21)13-15-9-11-17(12-10-15)19(23)16-7-5-4-6-8-16/h4-12,18,22H,13H2,1-3H3. The molecule has 2 aromatic rings. The Morgan fingerprint density at radius 2 is 1.61 bits per heavy atom. The van der Waals surface area contributed by atoms with Crippen LogP contribution in [0, 0.1) is 11.3 Å². The lowest BCUT2D eigenvalue weighted by Gasteiger charge is -2.24. The van der Waals surface area contributed by atoms with E-state index >= 15 is 0 Å². The fraction of sp³-hybridized carbons (Fsp3) is 0.300. The highest BCUT2D eigenvalue weighted by atomic mass is 16.1. The predicted octanol–water partition coefficient (Wildman–Crippen LogP) is 3.74. The summed E-state index contributed by atoms with van der Waals surface area (Å²) < 4.78 is 0. The topological polar surface area (TPSA) is 52.9 Å². The summed E-state index contributed by atoms with van der Waals surface area (Å²) in [6, 6.07) is 18.8. The van der Waals surface area contributed by atoms with E-state index in [2.05, 4.69) is 11.4 Å². The summed E-state index contributed by atoms with van der Waals surface area (Å²) in [6.45, 7) is 6.12. The van der Waals surface area contributed by atoms with Gasteiger partial charge in [0.25, 0.3) is 0 Å². The number of rotatable bonds is 5. The van der Waals surface area contributed by atoms with E-state index in [0.29, 0.717) is 17.5 Å². The van der Waals surface area contributed by atoms with E-state index in [9.17, 15) is 10.1 Å². The number of nitriles is 1. The molecule has 1 unspecified atom stereocenters. The molecule has 0 aliphatic carbocycles. The highest BCUT2D eigenvalue weighted by Gasteiger charge is 2.17. The smallest absolute Gasteiger partial charge is 0.193 e. The zero-order chi connectivity index (χ0) is 16.9. The summed E-state index contributed by atoms with van der Waals surface area (Å²) in [7, 11) is 0. The Labute approximate surface area is 138 Å². The highest BCUT2D eigenvalue weighted by molar-refractivity contribution is 6.08. The van der Waals surface area contributed by atoms with Crippen molar-refractivity contribution in [1.82, 2.24) is 5.32 Å². The lowest BCUT2D eigenvalue weighted by Crippen LogP contribution is -2.43. The number of benzene rings is 2. The summed E-state index contributed by atoms with van der Waals surface area (Å²) in [4.78, 5) is 12.4. The molecule has 0 bridgehead atoms. The predicted molar refractivity (Wildman–Crippen MR) is 92.3 cm³/mol. The van der Waals surface area contributed by atoms with Crippen molar-refractivity contribution in [3.8, 4) is 6.07 Å². The fourth-order valence-electron chi connectivity index (χ4n) is 2.44. The third-order valence-corrected chi connectivity index (χ3v) is 3.46. The van der Waals surface area contributed by atoms with Crippen LogP contribution >= 0.6 is 0 Å². The minimum absolute atomic E-state index is 0.0156. The van der Waals surface area contributed by atoms with Gasteiger partial charge in [-0.05, 0) is 26.3 Å². The molecule has 1 atom stereocenters. The zero-order valence-electron chi connectivity index (χ0n) is 13.8. The average Bonchev–Trinajstić information content (AvgIpc) is 2.54. The quantitative estimate of drug-likeness (QED) is 0.856. The van der Waals surface area contributed by atoms with E-state index in [1.54, 1.807) is 0 Å². The summed E-state index contributed by atoms with van der Waals surface area (Å²) >= 11 is 0. The van der Waals surface area contributed by atoms with Crippen molar-refractivity contribution >= 4 is 5.78 Å². The number of hydrogen-bond donors (Lipinski definition) is 1. The van der Waals surface area contributed by atoms with E-state index in [1.807, 2.05) is 75.4 Å². The first-order valence-electron chi connectivity index (χ1n) is 7.75. The van der Waals surface area contributed by atoms with Gasteiger partial charge in [0, 0.05) is 23.1 Å². The number of nitrogens with one attached hydrogen (secondary N) is 1. The molecule has 0 saturated carbocycles. The van der Waals surface area contributed by atoms with Crippen LogP contribution in [0.3, 0.4) is 0 Å². The van der Waals surface area contributed by atoms with Gasteiger partial charge in [-0.3, -0.25) is 10.1 Å². The van der Waals surface area contributed by atoms with E-state index in [-0.39, 0.29) is 17.4 Å². The zero-order valence-corrected chi connectivity index (χ0v) is 13.8. The lowest BCUT2D eigenvalue weighted by molar-refractivity contribution is 0.103. The van der Waals surface area contributed by atoms with Gasteiger partial charge in [-0.1, -0.05) is 54.6 Å². The molecule has 118 valence electrons. The van der Waals surface area contributed by atoms with E-state index < -0.39 is 0 Å². The van der Waals surface area contributed by atoms with E-state index in [1.165, 1.54) is 0 Å². The van der Waals surface area contributed by atoms with Crippen LogP contribution in [0.25, 0.3) is 0 Å². The molecule has 3 heteroatoms. The Balaban J connectivity index is 2.08. The average molecular weight is 306 g/mol. The number of carbonyl (C=O) groups excluding carboxylic acids is 1. The first kappa shape index (κ1) is 16.9. The maximum atomic E-state index is 12.4. The van der Waals surface area contributed by atoms with Crippen LogP contribution in [0.2, 0.25) is 0 Å². The van der Waals surface area contributed by atoms with Gasteiger partial charge in [0.15, 0.2) is 5.78 Å². The minimum atomic E-state index is -0.245. The number of hydrogen-bond acceptors (Lipinski definition) is 3. The Morgan fingerprint density at radius 1 is 1.04 bits per heavy atom. The molecule has 2 rings (SSSR count). The van der Waals surface area contributed by atoms with Gasteiger partial charge in [0.1, 0.15) is 0 Å². The second kappa shape index (κ2) is 7.21. The van der Waals surface area contributed by atoms with E-state index in [0.717, 1.165) is 5.56 Å². The minimum Gasteiger partial charge on any atom is -0.297 e. The van der Waals surface area contributed by atoms with Crippen molar-refractivity contribution in [3.05, 3.63) is 71.3 Å². The summed E-state index contributed by atoms with van der Waals surface area (Å²) in [5.41, 5.74) is 2.28. The molecule has 3 nitrogen and oxygen atoms in total. The molecule has 0 saturated heterocycles. The fourth-order valence-corrected chi connectivity index (χ4v) is 2.44. The second-order valence-corrected chi connectivity index (χ2v) is 6.67. The Morgan fingerprint density at radius 3 is 2.13 bits per heavy atom. The third kappa shape index (κ3) is 5.05. The van der Waals surface area contributed by atoms with Crippen molar-refractivity contribution in [2.45, 2.75) is 38.8 Å². The van der Waals surface area contributed by atoms with Crippen LogP contribution in [0.4, 0.5) is 0 Å². The molecule has 1 N–H and O–H groups in total. The largest absolute Gasteiger partial charge is 0.297 e. The molecule has 0 amide bonds. The molecular weight excluding hydrogens is 284 g/mol. The molecule has 0 aliphatic rings. The molecular formula is C20H22N2O. The molecule has 2 aromatic carbocycles. The first-order valence-corrected chi connectivity index (χ1v) is 7.75. The number of ketones is 1. The Hall–Kier alpha value is -2.44. The summed E-state index contributed by atoms with van der Waals surface area (Å²) in [5.74, 6) is 0.0156. The maximum absolute atomic E-state index is 12.4. The van der Waals surface area contributed by atoms with Gasteiger partial charge in [0.2, 0.25) is 0 Å². The van der Waals surface area contributed by atoms with Crippen molar-refractivity contribution in [1.29, 1.82) is 5.26 Å². The molecule has 0 radical (unpaired) electrons. The Bertz CT molecular complexity index is 691. The highest BCUT2D eigenvalue weighted by Crippen LogP contribution is 2.13. The van der Waals surface area contributed by atoms with Gasteiger partial charge < -0.3 is 0 Å². The number of carbonyl (C=O) groups is 1. The molecule has 23 heavy (non-hydrogen) atoms. The SMILES string of the molecule is CC(C)(C)NC(C#N)Cc1ccc(C(=O)c2ccccc2)cc1. The third-order valence-electron chi connectivity index (χ3n) is 3.46. The summed E-state index contributed by atoms with van der Waals surface area (Å²) in [6.07, 6.45) is 0.619. The van der Waals surface area contributed by atoms with Crippen molar-refractivity contribution < 1.29 is 4.79 Å². The summed E-state index contributed by atoms with van der Waals surface area (Å²) in [5, 5.41) is 12.6. The van der Waals surface area contributed by atoms with Gasteiger partial charge >= 0.3 is 0 Å². The normalized spacial score (nSPS) is 12.4. The van der Waals surface area contributed by atoms with Gasteiger partial charge in [-0.15, -0.1) is 0 Å². The molecule has 0 aromatic heterocycles. The van der Waals surface area contributed by atoms with Crippen molar-refractivity contribution in [2.75, 3.05) is 0 Å². The number of nitrogens with zero attached hydrogens (tertiary/aromatic N) is 1. The van der Waals surface area contributed by atoms with Gasteiger partial charge in [-0.25, -0.2) is 0 Å². The second-order valence-electron chi connectivity index (χ2n) is 6.67. The Kier molecular flexibility index (Phi) is 5.31. The monoisotopic (exact) mass is 306 g/mol. The van der Waals surface area contributed by atoms with Crippen molar-refractivity contribution in [2.24, 2.45) is 0 Å².